The molecular formula is C21H20F3N5O2. The van der Waals surface area contributed by atoms with Crippen molar-refractivity contribution >= 4 is 22.6 Å². The van der Waals surface area contributed by atoms with Crippen LogP contribution in [0.5, 0.6) is 0 Å². The molecule has 4 heterocycles. The van der Waals surface area contributed by atoms with Crippen molar-refractivity contribution < 1.29 is 22.7 Å². The molecule has 3 aromatic heterocycles. The van der Waals surface area contributed by atoms with Crippen LogP contribution in [0.4, 0.5) is 19.0 Å². The Balaban J connectivity index is 1.62. The topological polar surface area (TPSA) is 94.2 Å². The molecule has 0 fully saturated rings. The molecule has 7 nitrogen and oxygen atoms in total. The summed E-state index contributed by atoms with van der Waals surface area (Å²) in [6.07, 6.45) is -2.38. The number of carbonyl (C=O) groups is 1. The Morgan fingerprint density at radius 2 is 2.06 bits per heavy atom. The number of nitrogen functional groups attached to an aromatic ring is 1. The zero-order chi connectivity index (χ0) is 22.3. The summed E-state index contributed by atoms with van der Waals surface area (Å²) >= 11 is 0. The lowest BCUT2D eigenvalue weighted by atomic mass is 10.0. The molecule has 162 valence electrons. The smallest absolute Gasteiger partial charge is 0.383 e. The molecule has 0 spiro atoms. The van der Waals surface area contributed by atoms with Crippen LogP contribution in [0.3, 0.4) is 0 Å². The van der Waals surface area contributed by atoms with Gasteiger partial charge in [0, 0.05) is 23.7 Å². The third-order valence-corrected chi connectivity index (χ3v) is 5.33. The van der Waals surface area contributed by atoms with Gasteiger partial charge < -0.3 is 15.4 Å². The van der Waals surface area contributed by atoms with Crippen LogP contribution in [0.1, 0.15) is 52.8 Å². The summed E-state index contributed by atoms with van der Waals surface area (Å²) in [5.74, 6) is 0.0283. The highest BCUT2D eigenvalue weighted by Gasteiger charge is 2.31. The summed E-state index contributed by atoms with van der Waals surface area (Å²) in [6, 6.07) is 3.88. The Morgan fingerprint density at radius 3 is 2.71 bits per heavy atom. The summed E-state index contributed by atoms with van der Waals surface area (Å²) in [6.45, 7) is 4.42. The van der Waals surface area contributed by atoms with Crippen molar-refractivity contribution in [2.24, 2.45) is 0 Å². The number of hydrogen-bond acceptors (Lipinski definition) is 6. The number of hydrogen-bond donors (Lipinski definition) is 1. The van der Waals surface area contributed by atoms with Gasteiger partial charge in [0.15, 0.2) is 0 Å². The standard InChI is InChI=1S/C21H20F3N5O2/c1-3-29(9-13-5-4-12(7-26-13)21(22,23)24)20(30)16-6-14-15-10-31-11(2)18(15)19(25)28-17(14)8-27-16/h4-8,11H,3,9-10H2,1-2H3,(H2,25,28)/t11-/m1/s1. The molecule has 10 heteroatoms. The molecule has 1 atom stereocenters. The van der Waals surface area contributed by atoms with Crippen LogP contribution >= 0.6 is 0 Å². The van der Waals surface area contributed by atoms with Gasteiger partial charge >= 0.3 is 6.18 Å². The Kier molecular flexibility index (Phi) is 5.26. The fraction of sp³-hybridized carbons (Fsp3) is 0.333. The van der Waals surface area contributed by atoms with E-state index in [9.17, 15) is 18.0 Å². The zero-order valence-electron chi connectivity index (χ0n) is 16.9. The number of amides is 1. The number of ether oxygens (including phenoxy) is 1. The lowest BCUT2D eigenvalue weighted by molar-refractivity contribution is -0.137. The van der Waals surface area contributed by atoms with Crippen LogP contribution in [-0.4, -0.2) is 32.3 Å². The largest absolute Gasteiger partial charge is 0.417 e. The average molecular weight is 431 g/mol. The summed E-state index contributed by atoms with van der Waals surface area (Å²) in [5.41, 5.74) is 8.04. The minimum atomic E-state index is -4.46. The first-order valence-electron chi connectivity index (χ1n) is 9.70. The number of pyridine rings is 3. The fourth-order valence-corrected chi connectivity index (χ4v) is 3.66. The minimum absolute atomic E-state index is 0.0609. The van der Waals surface area contributed by atoms with Crippen molar-refractivity contribution in [1.82, 2.24) is 19.9 Å². The van der Waals surface area contributed by atoms with E-state index in [1.54, 1.807) is 13.0 Å². The monoisotopic (exact) mass is 431 g/mol. The normalized spacial score (nSPS) is 15.8. The van der Waals surface area contributed by atoms with E-state index in [1.165, 1.54) is 17.2 Å². The molecule has 0 unspecified atom stereocenters. The number of nitrogens with two attached hydrogens (primary N) is 1. The first-order chi connectivity index (χ1) is 14.7. The molecule has 3 aromatic rings. The molecule has 1 aliphatic heterocycles. The van der Waals surface area contributed by atoms with E-state index >= 15 is 0 Å². The predicted octanol–water partition coefficient (Wildman–Crippen LogP) is 3.88. The second-order valence-corrected chi connectivity index (χ2v) is 7.28. The summed E-state index contributed by atoms with van der Waals surface area (Å²) in [7, 11) is 0. The van der Waals surface area contributed by atoms with Gasteiger partial charge in [0.2, 0.25) is 0 Å². The summed E-state index contributed by atoms with van der Waals surface area (Å²) in [5, 5.41) is 0.746. The Hall–Kier alpha value is -3.27. The zero-order valence-corrected chi connectivity index (χ0v) is 16.9. The maximum atomic E-state index is 13.1. The number of rotatable bonds is 4. The second-order valence-electron chi connectivity index (χ2n) is 7.28. The molecule has 2 N–H and O–H groups in total. The van der Waals surface area contributed by atoms with Gasteiger partial charge in [0.1, 0.15) is 11.5 Å². The maximum absolute atomic E-state index is 13.1. The van der Waals surface area contributed by atoms with Gasteiger partial charge in [-0.25, -0.2) is 9.97 Å². The molecule has 0 saturated carbocycles. The first-order valence-corrected chi connectivity index (χ1v) is 9.70. The van der Waals surface area contributed by atoms with Crippen molar-refractivity contribution in [1.29, 1.82) is 0 Å². The highest BCUT2D eigenvalue weighted by Crippen LogP contribution is 2.38. The number of aromatic nitrogens is 3. The van der Waals surface area contributed by atoms with Gasteiger partial charge in [-0.2, -0.15) is 13.2 Å². The molecular weight excluding hydrogens is 411 g/mol. The van der Waals surface area contributed by atoms with Crippen LogP contribution in [0.2, 0.25) is 0 Å². The van der Waals surface area contributed by atoms with Crippen molar-refractivity contribution in [2.45, 2.75) is 39.3 Å². The number of anilines is 1. The van der Waals surface area contributed by atoms with Crippen molar-refractivity contribution in [3.63, 3.8) is 0 Å². The number of halogens is 3. The molecule has 0 saturated heterocycles. The van der Waals surface area contributed by atoms with E-state index in [-0.39, 0.29) is 24.2 Å². The average Bonchev–Trinajstić information content (AvgIpc) is 3.13. The van der Waals surface area contributed by atoms with E-state index in [0.717, 1.165) is 28.8 Å². The van der Waals surface area contributed by atoms with E-state index in [2.05, 4.69) is 15.0 Å². The van der Waals surface area contributed by atoms with Gasteiger partial charge in [0.25, 0.3) is 5.91 Å². The SMILES string of the molecule is CCN(Cc1ccc(C(F)(F)F)cn1)C(=O)c1cc2c3c(c(N)nc2cn1)[C@@H](C)OC3. The van der Waals surface area contributed by atoms with Gasteiger partial charge in [-0.15, -0.1) is 0 Å². The number of nitrogens with zero attached hydrogens (tertiary/aromatic N) is 4. The quantitative estimate of drug-likeness (QED) is 0.674. The number of carbonyl (C=O) groups excluding carboxylic acids is 1. The van der Waals surface area contributed by atoms with Crippen LogP contribution in [-0.2, 0) is 24.1 Å². The van der Waals surface area contributed by atoms with Crippen LogP contribution in [0.25, 0.3) is 10.9 Å². The van der Waals surface area contributed by atoms with E-state index < -0.39 is 11.7 Å². The van der Waals surface area contributed by atoms with Crippen LogP contribution in [0.15, 0.2) is 30.6 Å². The summed E-state index contributed by atoms with van der Waals surface area (Å²) in [4.78, 5) is 27.0. The summed E-state index contributed by atoms with van der Waals surface area (Å²) < 4.78 is 43.9. The number of alkyl halides is 3. The number of fused-ring (bicyclic) bond motifs is 3. The molecule has 1 aliphatic rings. The predicted molar refractivity (Wildman–Crippen MR) is 107 cm³/mol. The molecule has 0 aromatic carbocycles. The Labute approximate surface area is 176 Å². The fourth-order valence-electron chi connectivity index (χ4n) is 3.66. The lowest BCUT2D eigenvalue weighted by Gasteiger charge is -2.20. The molecule has 1 amide bonds. The van der Waals surface area contributed by atoms with Gasteiger partial charge in [-0.3, -0.25) is 9.78 Å². The van der Waals surface area contributed by atoms with E-state index in [0.29, 0.717) is 30.2 Å². The second kappa shape index (κ2) is 7.77. The first kappa shape index (κ1) is 21.0. The van der Waals surface area contributed by atoms with Gasteiger partial charge in [0.05, 0.1) is 42.2 Å². The molecule has 31 heavy (non-hydrogen) atoms. The van der Waals surface area contributed by atoms with Crippen molar-refractivity contribution in [2.75, 3.05) is 12.3 Å². The highest BCUT2D eigenvalue weighted by atomic mass is 19.4. The lowest BCUT2D eigenvalue weighted by Crippen LogP contribution is -2.31. The molecule has 4 rings (SSSR count). The van der Waals surface area contributed by atoms with Crippen molar-refractivity contribution in [3.05, 3.63) is 58.7 Å². The minimum Gasteiger partial charge on any atom is -0.383 e. The molecule has 0 aliphatic carbocycles. The van der Waals surface area contributed by atoms with Gasteiger partial charge in [-0.1, -0.05) is 0 Å². The van der Waals surface area contributed by atoms with Crippen molar-refractivity contribution in [3.8, 4) is 0 Å². The molecule has 0 radical (unpaired) electrons. The maximum Gasteiger partial charge on any atom is 0.417 e. The highest BCUT2D eigenvalue weighted by molar-refractivity contribution is 5.97. The van der Waals surface area contributed by atoms with E-state index in [1.807, 2.05) is 6.92 Å². The van der Waals surface area contributed by atoms with Crippen LogP contribution in [0, 0.1) is 0 Å². The third-order valence-electron chi connectivity index (χ3n) is 5.33. The Bertz CT molecular complexity index is 1150. The van der Waals surface area contributed by atoms with E-state index in [4.69, 9.17) is 10.5 Å². The van der Waals surface area contributed by atoms with Crippen LogP contribution < -0.4 is 5.73 Å². The van der Waals surface area contributed by atoms with Gasteiger partial charge in [-0.05, 0) is 37.6 Å². The molecule has 0 bridgehead atoms. The third kappa shape index (κ3) is 3.90. The Morgan fingerprint density at radius 1 is 1.29 bits per heavy atom.